The predicted molar refractivity (Wildman–Crippen MR) is 117 cm³/mol. The maximum absolute atomic E-state index is 12.7. The van der Waals surface area contributed by atoms with Gasteiger partial charge in [-0.25, -0.2) is 4.98 Å². The van der Waals surface area contributed by atoms with Crippen LogP contribution in [0.3, 0.4) is 0 Å². The number of hydrogen-bond donors (Lipinski definition) is 1. The van der Waals surface area contributed by atoms with Crippen molar-refractivity contribution in [2.24, 2.45) is 5.92 Å². The third-order valence-electron chi connectivity index (χ3n) is 6.39. The zero-order valence-corrected chi connectivity index (χ0v) is 18.4. The number of thiazole rings is 1. The molecule has 156 valence electrons. The van der Waals surface area contributed by atoms with Crippen molar-refractivity contribution in [3.63, 3.8) is 0 Å². The quantitative estimate of drug-likeness (QED) is 0.753. The Morgan fingerprint density at radius 2 is 2.07 bits per heavy atom. The lowest BCUT2D eigenvalue weighted by Gasteiger charge is -2.24. The third kappa shape index (κ3) is 4.31. The standard InChI is InChI=1S/C22H31N5OS/c1-4-26(5-2)22-24-13-17(29-22)14-27-9-8-18-19(6-7-20(18)27)25-21(28)16-10-15(3)11-23-12-16/h10-13,18-20H,4-9,14H2,1-3H3,(H,25,28)/t18-,19-,20+/m0/s1. The van der Waals surface area contributed by atoms with E-state index in [-0.39, 0.29) is 11.9 Å². The monoisotopic (exact) mass is 413 g/mol. The van der Waals surface area contributed by atoms with Crippen molar-refractivity contribution in [3.8, 4) is 0 Å². The van der Waals surface area contributed by atoms with Crippen molar-refractivity contribution in [3.05, 3.63) is 40.7 Å². The van der Waals surface area contributed by atoms with E-state index >= 15 is 0 Å². The molecule has 0 spiro atoms. The first-order valence-corrected chi connectivity index (χ1v) is 11.6. The fourth-order valence-corrected chi connectivity index (χ4v) is 5.95. The van der Waals surface area contributed by atoms with E-state index in [1.807, 2.05) is 30.5 Å². The summed E-state index contributed by atoms with van der Waals surface area (Å²) in [6.45, 7) is 10.4. The largest absolute Gasteiger partial charge is 0.349 e. The summed E-state index contributed by atoms with van der Waals surface area (Å²) in [5.41, 5.74) is 1.68. The van der Waals surface area contributed by atoms with Gasteiger partial charge in [-0.2, -0.15) is 0 Å². The summed E-state index contributed by atoms with van der Waals surface area (Å²) in [6, 6.07) is 2.74. The molecule has 3 atom stereocenters. The number of fused-ring (bicyclic) bond motifs is 1. The molecule has 4 rings (SSSR count). The molecule has 1 saturated heterocycles. The normalized spacial score (nSPS) is 23.9. The minimum atomic E-state index is 0.0108. The second-order valence-corrected chi connectivity index (χ2v) is 9.27. The molecule has 2 aliphatic rings. The number of amides is 1. The highest BCUT2D eigenvalue weighted by Crippen LogP contribution is 2.39. The highest BCUT2D eigenvalue weighted by molar-refractivity contribution is 7.15. The van der Waals surface area contributed by atoms with Crippen LogP contribution < -0.4 is 10.2 Å². The molecular formula is C22H31N5OS. The molecule has 2 aromatic heterocycles. The van der Waals surface area contributed by atoms with Gasteiger partial charge in [0.1, 0.15) is 0 Å². The van der Waals surface area contributed by atoms with Crippen molar-refractivity contribution in [1.29, 1.82) is 0 Å². The van der Waals surface area contributed by atoms with Crippen LogP contribution >= 0.6 is 11.3 Å². The van der Waals surface area contributed by atoms with E-state index in [4.69, 9.17) is 0 Å². The van der Waals surface area contributed by atoms with Crippen LogP contribution in [0.4, 0.5) is 5.13 Å². The molecule has 1 amide bonds. The van der Waals surface area contributed by atoms with Gasteiger partial charge >= 0.3 is 0 Å². The molecule has 0 radical (unpaired) electrons. The van der Waals surface area contributed by atoms with Gasteiger partial charge in [-0.05, 0) is 64.1 Å². The number of carbonyl (C=O) groups excluding carboxylic acids is 1. The number of carbonyl (C=O) groups is 1. The van der Waals surface area contributed by atoms with Gasteiger partial charge in [-0.15, -0.1) is 11.3 Å². The molecule has 1 aliphatic carbocycles. The Balaban J connectivity index is 1.36. The lowest BCUT2D eigenvalue weighted by Crippen LogP contribution is -2.39. The number of nitrogens with zero attached hydrogens (tertiary/aromatic N) is 4. The average molecular weight is 414 g/mol. The fourth-order valence-electron chi connectivity index (χ4n) is 4.89. The number of likely N-dealkylation sites (tertiary alicyclic amines) is 1. The molecule has 6 nitrogen and oxygen atoms in total. The van der Waals surface area contributed by atoms with Crippen molar-refractivity contribution in [2.45, 2.75) is 58.7 Å². The van der Waals surface area contributed by atoms with E-state index in [1.165, 1.54) is 4.88 Å². The summed E-state index contributed by atoms with van der Waals surface area (Å²) >= 11 is 1.82. The molecule has 1 N–H and O–H groups in total. The van der Waals surface area contributed by atoms with Crippen LogP contribution in [-0.2, 0) is 6.54 Å². The van der Waals surface area contributed by atoms with Gasteiger partial charge in [0.2, 0.25) is 0 Å². The van der Waals surface area contributed by atoms with Crippen LogP contribution in [-0.4, -0.2) is 52.5 Å². The van der Waals surface area contributed by atoms with Crippen molar-refractivity contribution >= 4 is 22.4 Å². The highest BCUT2D eigenvalue weighted by atomic mass is 32.1. The van der Waals surface area contributed by atoms with Gasteiger partial charge in [0.15, 0.2) is 5.13 Å². The maximum Gasteiger partial charge on any atom is 0.253 e. The molecule has 0 unspecified atom stereocenters. The minimum absolute atomic E-state index is 0.0108. The molecule has 1 aliphatic heterocycles. The number of aryl methyl sites for hydroxylation is 1. The van der Waals surface area contributed by atoms with Gasteiger partial charge in [0, 0.05) is 55.2 Å². The fraction of sp³-hybridized carbons (Fsp3) is 0.591. The Bertz CT molecular complexity index is 849. The first-order valence-electron chi connectivity index (χ1n) is 10.7. The zero-order chi connectivity index (χ0) is 20.4. The van der Waals surface area contributed by atoms with Gasteiger partial charge in [-0.1, -0.05) is 0 Å². The zero-order valence-electron chi connectivity index (χ0n) is 17.6. The van der Waals surface area contributed by atoms with E-state index in [9.17, 15) is 4.79 Å². The molecule has 0 aromatic carbocycles. The SMILES string of the molecule is CCN(CC)c1ncc(CN2CC[C@H]3[C@@H](NC(=O)c4cncc(C)c4)CC[C@H]32)s1. The minimum Gasteiger partial charge on any atom is -0.349 e. The number of hydrogen-bond acceptors (Lipinski definition) is 6. The van der Waals surface area contributed by atoms with E-state index < -0.39 is 0 Å². The van der Waals surface area contributed by atoms with Gasteiger partial charge < -0.3 is 10.2 Å². The lowest BCUT2D eigenvalue weighted by atomic mass is 9.99. The molecule has 2 aromatic rings. The van der Waals surface area contributed by atoms with E-state index in [0.717, 1.165) is 56.1 Å². The van der Waals surface area contributed by atoms with Crippen LogP contribution in [0.25, 0.3) is 0 Å². The van der Waals surface area contributed by atoms with E-state index in [2.05, 4.69) is 38.9 Å². The highest BCUT2D eigenvalue weighted by Gasteiger charge is 2.44. The topological polar surface area (TPSA) is 61.4 Å². The van der Waals surface area contributed by atoms with Crippen LogP contribution in [0, 0.1) is 12.8 Å². The second-order valence-electron chi connectivity index (χ2n) is 8.18. The van der Waals surface area contributed by atoms with Gasteiger partial charge in [0.05, 0.1) is 5.56 Å². The summed E-state index contributed by atoms with van der Waals surface area (Å²) in [5, 5.41) is 4.42. The number of aromatic nitrogens is 2. The Labute approximate surface area is 177 Å². The molecule has 2 fully saturated rings. The molecule has 7 heteroatoms. The van der Waals surface area contributed by atoms with Crippen molar-refractivity contribution < 1.29 is 4.79 Å². The summed E-state index contributed by atoms with van der Waals surface area (Å²) in [5.74, 6) is 0.559. The molecule has 0 bridgehead atoms. The van der Waals surface area contributed by atoms with Crippen LogP contribution in [0.5, 0.6) is 0 Å². The molecule has 29 heavy (non-hydrogen) atoms. The van der Waals surface area contributed by atoms with Crippen LogP contribution in [0.2, 0.25) is 0 Å². The Morgan fingerprint density at radius 1 is 1.24 bits per heavy atom. The summed E-state index contributed by atoms with van der Waals surface area (Å²) in [4.78, 5) is 27.7. The van der Waals surface area contributed by atoms with E-state index in [1.54, 1.807) is 12.4 Å². The first-order chi connectivity index (χ1) is 14.1. The summed E-state index contributed by atoms with van der Waals surface area (Å²) < 4.78 is 0. The van der Waals surface area contributed by atoms with Crippen molar-refractivity contribution in [1.82, 2.24) is 20.2 Å². The maximum atomic E-state index is 12.7. The molecule has 1 saturated carbocycles. The van der Waals surface area contributed by atoms with Gasteiger partial charge in [0.25, 0.3) is 5.91 Å². The third-order valence-corrected chi connectivity index (χ3v) is 7.43. The Hall–Kier alpha value is -1.99. The number of rotatable bonds is 7. The second kappa shape index (κ2) is 8.79. The van der Waals surface area contributed by atoms with Gasteiger partial charge in [-0.3, -0.25) is 14.7 Å². The average Bonchev–Trinajstić information content (AvgIpc) is 3.43. The lowest BCUT2D eigenvalue weighted by molar-refractivity contribution is 0.0926. The first kappa shape index (κ1) is 20.3. The number of anilines is 1. The van der Waals surface area contributed by atoms with Crippen LogP contribution in [0.1, 0.15) is 53.9 Å². The number of nitrogens with one attached hydrogen (secondary N) is 1. The van der Waals surface area contributed by atoms with Crippen molar-refractivity contribution in [2.75, 3.05) is 24.5 Å². The Kier molecular flexibility index (Phi) is 6.15. The predicted octanol–water partition coefficient (Wildman–Crippen LogP) is 3.48. The molecular weight excluding hydrogens is 382 g/mol. The van der Waals surface area contributed by atoms with E-state index in [0.29, 0.717) is 17.5 Å². The smallest absolute Gasteiger partial charge is 0.253 e. The summed E-state index contributed by atoms with van der Waals surface area (Å²) in [6.07, 6.45) is 8.86. The Morgan fingerprint density at radius 3 is 2.83 bits per heavy atom. The molecule has 3 heterocycles. The summed E-state index contributed by atoms with van der Waals surface area (Å²) in [7, 11) is 0. The number of pyridine rings is 1. The van der Waals surface area contributed by atoms with Crippen LogP contribution in [0.15, 0.2) is 24.7 Å².